The van der Waals surface area contributed by atoms with Crippen molar-refractivity contribution in [3.8, 4) is 0 Å². The van der Waals surface area contributed by atoms with Crippen LogP contribution in [-0.4, -0.2) is 28.7 Å². The number of hydrogen-bond donors (Lipinski definition) is 2. The van der Waals surface area contributed by atoms with Crippen molar-refractivity contribution in [2.24, 2.45) is 0 Å². The first kappa shape index (κ1) is 9.39. The number of aromatic nitrogens is 2. The van der Waals surface area contributed by atoms with Gasteiger partial charge < -0.3 is 10.6 Å². The van der Waals surface area contributed by atoms with E-state index in [0.29, 0.717) is 16.2 Å². The highest BCUT2D eigenvalue weighted by Gasteiger charge is 2.25. The summed E-state index contributed by atoms with van der Waals surface area (Å²) in [7, 11) is 0. The van der Waals surface area contributed by atoms with E-state index in [0.717, 1.165) is 19.4 Å². The summed E-state index contributed by atoms with van der Waals surface area (Å²) in [5.74, 6) is -0.103. The minimum atomic E-state index is -0.103. The maximum atomic E-state index is 11.5. The van der Waals surface area contributed by atoms with Gasteiger partial charge in [0.25, 0.3) is 5.91 Å². The molecule has 0 spiro atoms. The molecule has 0 bridgehead atoms. The fourth-order valence-electron chi connectivity index (χ4n) is 1.01. The van der Waals surface area contributed by atoms with E-state index >= 15 is 0 Å². The molecule has 1 aromatic rings. The van der Waals surface area contributed by atoms with Crippen LogP contribution in [0.3, 0.4) is 0 Å². The van der Waals surface area contributed by atoms with Crippen LogP contribution in [-0.2, 0) is 0 Å². The lowest BCUT2D eigenvalue weighted by Gasteiger charge is -1.96. The van der Waals surface area contributed by atoms with E-state index < -0.39 is 0 Å². The van der Waals surface area contributed by atoms with E-state index in [9.17, 15) is 4.79 Å². The van der Waals surface area contributed by atoms with Crippen molar-refractivity contribution in [3.05, 3.63) is 5.01 Å². The molecule has 1 saturated carbocycles. The van der Waals surface area contributed by atoms with Crippen molar-refractivity contribution < 1.29 is 4.79 Å². The van der Waals surface area contributed by atoms with Crippen molar-refractivity contribution in [2.45, 2.75) is 25.8 Å². The van der Waals surface area contributed by atoms with Crippen LogP contribution in [0, 0.1) is 0 Å². The van der Waals surface area contributed by atoms with Gasteiger partial charge in [-0.3, -0.25) is 4.79 Å². The van der Waals surface area contributed by atoms with Gasteiger partial charge in [0.1, 0.15) is 0 Å². The smallest absolute Gasteiger partial charge is 0.282 e. The van der Waals surface area contributed by atoms with E-state index in [1.165, 1.54) is 11.3 Å². The van der Waals surface area contributed by atoms with Crippen molar-refractivity contribution in [3.63, 3.8) is 0 Å². The molecule has 1 fully saturated rings. The number of carbonyl (C=O) groups is 1. The summed E-state index contributed by atoms with van der Waals surface area (Å²) in [6.45, 7) is 2.77. The number of nitrogens with one attached hydrogen (secondary N) is 2. The van der Waals surface area contributed by atoms with Gasteiger partial charge in [0.15, 0.2) is 0 Å². The van der Waals surface area contributed by atoms with E-state index in [4.69, 9.17) is 0 Å². The third-order valence-corrected chi connectivity index (χ3v) is 2.74. The quantitative estimate of drug-likeness (QED) is 0.777. The Hall–Kier alpha value is -1.17. The van der Waals surface area contributed by atoms with Crippen LogP contribution in [0.25, 0.3) is 0 Å². The van der Waals surface area contributed by atoms with Gasteiger partial charge in [-0.15, -0.1) is 10.2 Å². The Bertz CT molecular complexity index is 334. The van der Waals surface area contributed by atoms with E-state index in [1.54, 1.807) is 0 Å². The molecule has 1 aliphatic rings. The Labute approximate surface area is 85.9 Å². The molecule has 0 radical (unpaired) electrons. The predicted molar refractivity (Wildman–Crippen MR) is 54.6 cm³/mol. The van der Waals surface area contributed by atoms with Gasteiger partial charge in [-0.2, -0.15) is 0 Å². The zero-order valence-electron chi connectivity index (χ0n) is 7.91. The van der Waals surface area contributed by atoms with Crippen LogP contribution in [0.5, 0.6) is 0 Å². The largest absolute Gasteiger partial charge is 0.360 e. The number of nitrogens with zero attached hydrogens (tertiary/aromatic N) is 2. The normalized spacial score (nSPS) is 15.2. The van der Waals surface area contributed by atoms with Gasteiger partial charge in [0, 0.05) is 12.6 Å². The number of anilines is 1. The zero-order valence-corrected chi connectivity index (χ0v) is 8.73. The molecule has 0 atom stereocenters. The van der Waals surface area contributed by atoms with Crippen LogP contribution in [0.15, 0.2) is 0 Å². The molecule has 1 aliphatic carbocycles. The summed E-state index contributed by atoms with van der Waals surface area (Å²) < 4.78 is 0. The topological polar surface area (TPSA) is 66.9 Å². The van der Waals surface area contributed by atoms with Crippen molar-refractivity contribution >= 4 is 22.4 Å². The summed E-state index contributed by atoms with van der Waals surface area (Å²) in [5.41, 5.74) is 0. The van der Waals surface area contributed by atoms with Crippen molar-refractivity contribution in [1.29, 1.82) is 0 Å². The van der Waals surface area contributed by atoms with Gasteiger partial charge >= 0.3 is 0 Å². The first-order valence-corrected chi connectivity index (χ1v) is 5.49. The Balaban J connectivity index is 1.96. The summed E-state index contributed by atoms with van der Waals surface area (Å²) in [6.07, 6.45) is 2.18. The molecule has 6 heteroatoms. The van der Waals surface area contributed by atoms with Crippen molar-refractivity contribution in [2.75, 3.05) is 11.9 Å². The van der Waals surface area contributed by atoms with Crippen LogP contribution >= 0.6 is 11.3 Å². The highest BCUT2D eigenvalue weighted by atomic mass is 32.1. The highest BCUT2D eigenvalue weighted by molar-refractivity contribution is 7.17. The number of hydrogen-bond acceptors (Lipinski definition) is 5. The molecule has 2 N–H and O–H groups in total. The van der Waals surface area contributed by atoms with Gasteiger partial charge in [-0.1, -0.05) is 11.3 Å². The third kappa shape index (κ3) is 2.20. The van der Waals surface area contributed by atoms with Gasteiger partial charge in [-0.25, -0.2) is 0 Å². The molecule has 2 rings (SSSR count). The number of rotatable bonds is 4. The molecular formula is C8H12N4OS. The van der Waals surface area contributed by atoms with Gasteiger partial charge in [0.2, 0.25) is 10.1 Å². The number of carbonyl (C=O) groups excluding carboxylic acids is 1. The Morgan fingerprint density at radius 3 is 3.00 bits per heavy atom. The summed E-state index contributed by atoms with van der Waals surface area (Å²) in [4.78, 5) is 11.5. The maximum Gasteiger partial charge on any atom is 0.282 e. The maximum absolute atomic E-state index is 11.5. The molecule has 0 aliphatic heterocycles. The highest BCUT2D eigenvalue weighted by Crippen LogP contribution is 2.20. The minimum absolute atomic E-state index is 0.103. The monoisotopic (exact) mass is 212 g/mol. The minimum Gasteiger partial charge on any atom is -0.360 e. The fraction of sp³-hybridized carbons (Fsp3) is 0.625. The van der Waals surface area contributed by atoms with E-state index in [-0.39, 0.29) is 5.91 Å². The van der Waals surface area contributed by atoms with Crippen LogP contribution < -0.4 is 10.6 Å². The molecule has 76 valence electrons. The molecule has 1 amide bonds. The second kappa shape index (κ2) is 3.91. The van der Waals surface area contributed by atoms with Crippen LogP contribution in [0.1, 0.15) is 29.6 Å². The molecule has 14 heavy (non-hydrogen) atoms. The molecule has 1 aromatic heterocycles. The first-order valence-electron chi connectivity index (χ1n) is 4.68. The SMILES string of the molecule is CCNc1nnc(C(=O)NC2CC2)s1. The fourth-order valence-corrected chi connectivity index (χ4v) is 1.73. The molecule has 5 nitrogen and oxygen atoms in total. The van der Waals surface area contributed by atoms with Gasteiger partial charge in [0.05, 0.1) is 0 Å². The van der Waals surface area contributed by atoms with E-state index in [1.807, 2.05) is 6.92 Å². The standard InChI is InChI=1S/C8H12N4OS/c1-2-9-8-12-11-7(14-8)6(13)10-5-3-4-5/h5H,2-4H2,1H3,(H,9,12)(H,10,13). The van der Waals surface area contributed by atoms with E-state index in [2.05, 4.69) is 20.8 Å². The Morgan fingerprint density at radius 1 is 1.57 bits per heavy atom. The second-order valence-corrected chi connectivity index (χ2v) is 4.17. The van der Waals surface area contributed by atoms with Crippen LogP contribution in [0.4, 0.5) is 5.13 Å². The van der Waals surface area contributed by atoms with Crippen LogP contribution in [0.2, 0.25) is 0 Å². The van der Waals surface area contributed by atoms with Gasteiger partial charge in [-0.05, 0) is 19.8 Å². The third-order valence-electron chi connectivity index (χ3n) is 1.86. The predicted octanol–water partition coefficient (Wildman–Crippen LogP) is 0.862. The average Bonchev–Trinajstić information content (AvgIpc) is 2.83. The lowest BCUT2D eigenvalue weighted by molar-refractivity contribution is 0.0950. The number of amides is 1. The second-order valence-electron chi connectivity index (χ2n) is 3.19. The average molecular weight is 212 g/mol. The molecule has 0 aromatic carbocycles. The molecule has 0 unspecified atom stereocenters. The molecule has 1 heterocycles. The summed E-state index contributed by atoms with van der Waals surface area (Å²) in [6, 6.07) is 0.369. The lowest BCUT2D eigenvalue weighted by atomic mass is 10.6. The summed E-state index contributed by atoms with van der Waals surface area (Å²) >= 11 is 1.29. The molecule has 0 saturated heterocycles. The lowest BCUT2D eigenvalue weighted by Crippen LogP contribution is -2.25. The first-order chi connectivity index (χ1) is 6.79. The zero-order chi connectivity index (χ0) is 9.97. The summed E-state index contributed by atoms with van der Waals surface area (Å²) in [5, 5.41) is 14.7. The molecular weight excluding hydrogens is 200 g/mol. The van der Waals surface area contributed by atoms with Crippen molar-refractivity contribution in [1.82, 2.24) is 15.5 Å². The Morgan fingerprint density at radius 2 is 2.36 bits per heavy atom. The Kier molecular flexibility index (Phi) is 2.62.